The first-order valence-corrected chi connectivity index (χ1v) is 10.7. The Morgan fingerprint density at radius 2 is 1.42 bits per heavy atom. The Kier molecular flexibility index (Phi) is 8.17. The minimum atomic E-state index is -1.46. The Morgan fingerprint density at radius 3 is 1.82 bits per heavy atom. The molecule has 3 rings (SSSR count). The number of morpholine rings is 2. The van der Waals surface area contributed by atoms with Crippen molar-refractivity contribution < 1.29 is 24.0 Å². The Labute approximate surface area is 195 Å². The van der Waals surface area contributed by atoms with Crippen LogP contribution in [0, 0.1) is 44.6 Å². The molecule has 2 saturated heterocycles. The summed E-state index contributed by atoms with van der Waals surface area (Å²) in [4.78, 5) is 40.2. The van der Waals surface area contributed by atoms with Crippen LogP contribution >= 0.6 is 11.6 Å². The summed E-state index contributed by atoms with van der Waals surface area (Å²) in [6.07, 6.45) is 0. The molecule has 0 aliphatic carbocycles. The second-order valence-corrected chi connectivity index (χ2v) is 7.98. The van der Waals surface area contributed by atoms with E-state index in [1.807, 2.05) is 12.1 Å². The molecule has 2 amide bonds. The molecular weight excluding hydrogens is 454 g/mol. The SMILES string of the molecule is N#CC(C(=O)N1CCOCC1)C(c1cc([N+](=O)[O-])ccc1Cl)C(C#N)C(=O)N1CCOCC1. The van der Waals surface area contributed by atoms with Gasteiger partial charge in [0.25, 0.3) is 5.69 Å². The zero-order valence-electron chi connectivity index (χ0n) is 17.7. The lowest BCUT2D eigenvalue weighted by Gasteiger charge is -2.35. The number of carbonyl (C=O) groups excluding carboxylic acids is 2. The molecule has 2 atom stereocenters. The maximum Gasteiger partial charge on any atom is 0.269 e. The summed E-state index contributed by atoms with van der Waals surface area (Å²) in [6.45, 7) is 2.17. The van der Waals surface area contributed by atoms with Gasteiger partial charge in [-0.3, -0.25) is 19.7 Å². The van der Waals surface area contributed by atoms with Crippen LogP contribution in [0.4, 0.5) is 5.69 Å². The smallest absolute Gasteiger partial charge is 0.269 e. The number of nitro groups is 1. The molecule has 2 aliphatic heterocycles. The Balaban J connectivity index is 2.08. The average molecular weight is 476 g/mol. The topological polar surface area (TPSA) is 150 Å². The summed E-state index contributed by atoms with van der Waals surface area (Å²) < 4.78 is 10.5. The third kappa shape index (κ3) is 5.40. The third-order valence-corrected chi connectivity index (χ3v) is 6.07. The van der Waals surface area contributed by atoms with E-state index in [1.165, 1.54) is 21.9 Å². The van der Waals surface area contributed by atoms with Crippen LogP contribution in [0.1, 0.15) is 11.5 Å². The maximum absolute atomic E-state index is 13.3. The number of ether oxygens (including phenoxy) is 2. The van der Waals surface area contributed by atoms with E-state index in [2.05, 4.69) is 0 Å². The summed E-state index contributed by atoms with van der Waals surface area (Å²) in [7, 11) is 0. The van der Waals surface area contributed by atoms with E-state index < -0.39 is 34.5 Å². The summed E-state index contributed by atoms with van der Waals surface area (Å²) in [5.41, 5.74) is -0.294. The summed E-state index contributed by atoms with van der Waals surface area (Å²) >= 11 is 6.35. The zero-order chi connectivity index (χ0) is 24.0. The molecule has 0 N–H and O–H groups in total. The monoisotopic (exact) mass is 475 g/mol. The van der Waals surface area contributed by atoms with Crippen LogP contribution in [0.3, 0.4) is 0 Å². The van der Waals surface area contributed by atoms with Gasteiger partial charge in [0.05, 0.1) is 43.5 Å². The van der Waals surface area contributed by atoms with Crippen molar-refractivity contribution in [2.75, 3.05) is 52.6 Å². The van der Waals surface area contributed by atoms with Gasteiger partial charge in [-0.1, -0.05) is 11.6 Å². The second kappa shape index (κ2) is 11.1. The normalized spacial score (nSPS) is 19.0. The first-order chi connectivity index (χ1) is 15.9. The molecular formula is C21H22ClN5O6. The van der Waals surface area contributed by atoms with Gasteiger partial charge in [-0.05, 0) is 11.6 Å². The van der Waals surface area contributed by atoms with Gasteiger partial charge in [0.1, 0.15) is 11.8 Å². The predicted molar refractivity (Wildman–Crippen MR) is 114 cm³/mol. The number of hydrogen-bond donors (Lipinski definition) is 0. The van der Waals surface area contributed by atoms with E-state index in [4.69, 9.17) is 21.1 Å². The van der Waals surface area contributed by atoms with Crippen LogP contribution in [0.25, 0.3) is 0 Å². The average Bonchev–Trinajstić information content (AvgIpc) is 2.85. The molecule has 12 heteroatoms. The number of halogens is 1. The zero-order valence-corrected chi connectivity index (χ0v) is 18.4. The van der Waals surface area contributed by atoms with E-state index >= 15 is 0 Å². The highest BCUT2D eigenvalue weighted by Gasteiger charge is 2.44. The number of nitriles is 2. The van der Waals surface area contributed by atoms with Gasteiger partial charge in [0.2, 0.25) is 11.8 Å². The highest BCUT2D eigenvalue weighted by molar-refractivity contribution is 6.31. The van der Waals surface area contributed by atoms with Crippen LogP contribution in [-0.4, -0.2) is 79.1 Å². The number of hydrogen-bond acceptors (Lipinski definition) is 8. The molecule has 0 aromatic heterocycles. The van der Waals surface area contributed by atoms with Crippen molar-refractivity contribution in [1.82, 2.24) is 9.80 Å². The van der Waals surface area contributed by atoms with Crippen molar-refractivity contribution in [1.29, 1.82) is 10.5 Å². The lowest BCUT2D eigenvalue weighted by Crippen LogP contribution is -2.48. The first-order valence-electron chi connectivity index (χ1n) is 10.3. The summed E-state index contributed by atoms with van der Waals surface area (Å²) in [5.74, 6) is -5.39. The van der Waals surface area contributed by atoms with Gasteiger partial charge in [-0.25, -0.2) is 0 Å². The Morgan fingerprint density at radius 1 is 0.970 bits per heavy atom. The van der Waals surface area contributed by atoms with Crippen LogP contribution in [-0.2, 0) is 19.1 Å². The molecule has 11 nitrogen and oxygen atoms in total. The number of benzene rings is 1. The lowest BCUT2D eigenvalue weighted by atomic mass is 9.76. The molecule has 2 fully saturated rings. The standard InChI is InChI=1S/C21H22ClN5O6/c22-18-2-1-14(27(30)31)11-15(18)19(16(12-23)20(28)25-3-7-32-8-4-25)17(13-24)21(29)26-5-9-33-10-6-26/h1-2,11,16-17,19H,3-10H2. The van der Waals surface area contributed by atoms with Crippen LogP contribution < -0.4 is 0 Å². The lowest BCUT2D eigenvalue weighted by molar-refractivity contribution is -0.384. The number of nitrogens with zero attached hydrogens (tertiary/aromatic N) is 5. The van der Waals surface area contributed by atoms with Gasteiger partial charge in [-0.2, -0.15) is 10.5 Å². The first kappa shape index (κ1) is 24.4. The van der Waals surface area contributed by atoms with E-state index in [0.717, 1.165) is 6.07 Å². The van der Waals surface area contributed by atoms with Crippen molar-refractivity contribution >= 4 is 29.1 Å². The van der Waals surface area contributed by atoms with E-state index in [-0.39, 0.29) is 42.5 Å². The molecule has 2 unspecified atom stereocenters. The van der Waals surface area contributed by atoms with Crippen molar-refractivity contribution in [3.8, 4) is 12.1 Å². The van der Waals surface area contributed by atoms with E-state index in [0.29, 0.717) is 26.4 Å². The van der Waals surface area contributed by atoms with Crippen molar-refractivity contribution in [2.45, 2.75) is 5.92 Å². The molecule has 33 heavy (non-hydrogen) atoms. The molecule has 1 aromatic rings. The van der Waals surface area contributed by atoms with Crippen molar-refractivity contribution in [3.63, 3.8) is 0 Å². The number of non-ortho nitro benzene ring substituents is 1. The van der Waals surface area contributed by atoms with E-state index in [9.17, 15) is 30.2 Å². The quantitative estimate of drug-likeness (QED) is 0.441. The van der Waals surface area contributed by atoms with Gasteiger partial charge in [-0.15, -0.1) is 0 Å². The fourth-order valence-electron chi connectivity index (χ4n) is 3.99. The van der Waals surface area contributed by atoms with Gasteiger partial charge >= 0.3 is 0 Å². The molecule has 2 aliphatic rings. The molecule has 0 bridgehead atoms. The number of carbonyl (C=O) groups is 2. The molecule has 0 radical (unpaired) electrons. The Bertz CT molecular complexity index is 946. The van der Waals surface area contributed by atoms with Crippen LogP contribution in [0.15, 0.2) is 18.2 Å². The minimum Gasteiger partial charge on any atom is -0.378 e. The molecule has 0 saturated carbocycles. The van der Waals surface area contributed by atoms with Gasteiger partial charge in [0.15, 0.2) is 0 Å². The van der Waals surface area contributed by atoms with Gasteiger partial charge in [0, 0.05) is 49.3 Å². The van der Waals surface area contributed by atoms with Crippen LogP contribution in [0.5, 0.6) is 0 Å². The second-order valence-electron chi connectivity index (χ2n) is 7.58. The molecule has 1 aromatic carbocycles. The van der Waals surface area contributed by atoms with E-state index in [1.54, 1.807) is 0 Å². The fourth-order valence-corrected chi connectivity index (χ4v) is 4.23. The summed E-state index contributed by atoms with van der Waals surface area (Å²) in [6, 6.07) is 7.45. The maximum atomic E-state index is 13.3. The summed E-state index contributed by atoms with van der Waals surface area (Å²) in [5, 5.41) is 31.4. The minimum absolute atomic E-state index is 0.0238. The number of nitro benzene ring substituents is 1. The largest absolute Gasteiger partial charge is 0.378 e. The molecule has 2 heterocycles. The molecule has 174 valence electrons. The fraction of sp³-hybridized carbons (Fsp3) is 0.524. The third-order valence-electron chi connectivity index (χ3n) is 5.72. The highest BCUT2D eigenvalue weighted by Crippen LogP contribution is 2.40. The van der Waals surface area contributed by atoms with Crippen molar-refractivity contribution in [2.24, 2.45) is 11.8 Å². The van der Waals surface area contributed by atoms with Crippen molar-refractivity contribution in [3.05, 3.63) is 38.9 Å². The predicted octanol–water partition coefficient (Wildman–Crippen LogP) is 1.33. The number of rotatable bonds is 6. The molecule has 0 spiro atoms. The Hall–Kier alpha value is -3.25. The highest BCUT2D eigenvalue weighted by atomic mass is 35.5. The van der Waals surface area contributed by atoms with Gasteiger partial charge < -0.3 is 19.3 Å². The number of amides is 2. The van der Waals surface area contributed by atoms with Crippen LogP contribution in [0.2, 0.25) is 5.02 Å².